The van der Waals surface area contributed by atoms with Gasteiger partial charge in [0.25, 0.3) is 0 Å². The van der Waals surface area contributed by atoms with Crippen molar-refractivity contribution in [1.82, 2.24) is 0 Å². The minimum atomic E-state index is 0.718. The van der Waals surface area contributed by atoms with Crippen LogP contribution in [0.2, 0.25) is 0 Å². The van der Waals surface area contributed by atoms with E-state index in [1.165, 1.54) is 0 Å². The van der Waals surface area contributed by atoms with Crippen LogP contribution in [0, 0.1) is 5.92 Å². The van der Waals surface area contributed by atoms with E-state index in [9.17, 15) is 0 Å². The highest BCUT2D eigenvalue weighted by Gasteiger charge is 1.76. The van der Waals surface area contributed by atoms with Gasteiger partial charge in [-0.15, -0.1) is 0 Å². The number of allylic oxidation sites excluding steroid dienone is 4. The van der Waals surface area contributed by atoms with Crippen LogP contribution < -0.4 is 0 Å². The van der Waals surface area contributed by atoms with Crippen LogP contribution in [0.3, 0.4) is 0 Å². The van der Waals surface area contributed by atoms with Crippen molar-refractivity contribution >= 4 is 0 Å². The summed E-state index contributed by atoms with van der Waals surface area (Å²) in [7, 11) is 0. The molecule has 0 aromatic heterocycles. The quantitative estimate of drug-likeness (QED) is 0.523. The first kappa shape index (κ1) is 13.1. The Hall–Kier alpha value is -0.520. The van der Waals surface area contributed by atoms with Gasteiger partial charge in [-0.05, 0) is 26.2 Å². The molecule has 0 aliphatic rings. The van der Waals surface area contributed by atoms with Crippen LogP contribution >= 0.6 is 0 Å². The second-order valence-electron chi connectivity index (χ2n) is 2.75. The summed E-state index contributed by atoms with van der Waals surface area (Å²) in [5, 5.41) is 0. The molecular formula is C11H22. The van der Waals surface area contributed by atoms with Gasteiger partial charge < -0.3 is 0 Å². The highest BCUT2D eigenvalue weighted by atomic mass is 13.8. The van der Waals surface area contributed by atoms with Crippen molar-refractivity contribution in [1.29, 1.82) is 0 Å². The van der Waals surface area contributed by atoms with E-state index in [-0.39, 0.29) is 0 Å². The molecule has 0 unspecified atom stereocenters. The molecule has 0 aromatic carbocycles. The predicted octanol–water partition coefficient (Wildman–Crippen LogP) is 4.19. The molecule has 0 aliphatic heterocycles. The maximum Gasteiger partial charge on any atom is -0.0291 e. The molecule has 0 saturated carbocycles. The lowest BCUT2D eigenvalue weighted by molar-refractivity contribution is 0.830. The number of hydrogen-bond donors (Lipinski definition) is 0. The summed E-state index contributed by atoms with van der Waals surface area (Å²) in [6.07, 6.45) is 9.58. The maximum absolute atomic E-state index is 2.17. The van der Waals surface area contributed by atoms with E-state index >= 15 is 0 Å². The third-order valence-corrected chi connectivity index (χ3v) is 1.05. The van der Waals surface area contributed by atoms with Crippen LogP contribution in [0.5, 0.6) is 0 Å². The van der Waals surface area contributed by atoms with Crippen molar-refractivity contribution in [2.24, 2.45) is 5.92 Å². The zero-order valence-electron chi connectivity index (χ0n) is 8.59. The average Bonchev–Trinajstić information content (AvgIpc) is 1.90. The molecule has 0 atom stereocenters. The van der Waals surface area contributed by atoms with Crippen molar-refractivity contribution in [2.45, 2.75) is 41.0 Å². The normalized spacial score (nSPS) is 10.7. The lowest BCUT2D eigenvalue weighted by Gasteiger charge is -1.86. The molecule has 66 valence electrons. The Bertz CT molecular complexity index is 96.6. The Labute approximate surface area is 72.0 Å². The Morgan fingerprint density at radius 2 is 1.64 bits per heavy atom. The molecule has 0 aromatic rings. The number of hydrogen-bond acceptors (Lipinski definition) is 0. The topological polar surface area (TPSA) is 0 Å². The maximum atomic E-state index is 2.17. The van der Waals surface area contributed by atoms with Crippen LogP contribution in [0.4, 0.5) is 0 Å². The summed E-state index contributed by atoms with van der Waals surface area (Å²) in [6.45, 7) is 10.5. The van der Waals surface area contributed by atoms with Gasteiger partial charge in [0.1, 0.15) is 0 Å². The van der Waals surface area contributed by atoms with Gasteiger partial charge in [0.15, 0.2) is 0 Å². The zero-order chi connectivity index (χ0) is 9.11. The second kappa shape index (κ2) is 12.2. The molecule has 0 fully saturated rings. The average molecular weight is 154 g/mol. The third kappa shape index (κ3) is 26.4. The number of rotatable bonds is 2. The van der Waals surface area contributed by atoms with Gasteiger partial charge in [0.2, 0.25) is 0 Å². The third-order valence-electron chi connectivity index (χ3n) is 1.05. The molecule has 0 nitrogen and oxygen atoms in total. The summed E-state index contributed by atoms with van der Waals surface area (Å²) in [5.41, 5.74) is 0. The van der Waals surface area contributed by atoms with Crippen LogP contribution in [0.25, 0.3) is 0 Å². The summed E-state index contributed by atoms with van der Waals surface area (Å²) < 4.78 is 0. The van der Waals surface area contributed by atoms with E-state index in [1.807, 2.05) is 13.8 Å². The summed E-state index contributed by atoms with van der Waals surface area (Å²) in [5.74, 6) is 0.718. The predicted molar refractivity (Wildman–Crippen MR) is 54.8 cm³/mol. The van der Waals surface area contributed by atoms with E-state index < -0.39 is 0 Å². The van der Waals surface area contributed by atoms with E-state index in [0.717, 1.165) is 12.3 Å². The highest BCUT2D eigenvalue weighted by Crippen LogP contribution is 1.90. The van der Waals surface area contributed by atoms with Gasteiger partial charge in [-0.3, -0.25) is 0 Å². The molecule has 0 aliphatic carbocycles. The van der Waals surface area contributed by atoms with Crippen molar-refractivity contribution in [3.63, 3.8) is 0 Å². The Morgan fingerprint density at radius 3 is 1.64 bits per heavy atom. The molecule has 0 heteroatoms. The van der Waals surface area contributed by atoms with Gasteiger partial charge in [-0.25, -0.2) is 0 Å². The minimum Gasteiger partial charge on any atom is -0.0917 e. The largest absolute Gasteiger partial charge is 0.0917 e. The van der Waals surface area contributed by atoms with Crippen molar-refractivity contribution < 1.29 is 0 Å². The fourth-order valence-corrected chi connectivity index (χ4v) is 0.621. The standard InChI is InChI=1S/C6H12.C5H10/c1-4-5-6(2)3;1-3-5-4-2/h4-6H,1-3H3;3,5H,4H2,1-2H3. The van der Waals surface area contributed by atoms with E-state index in [4.69, 9.17) is 0 Å². The Balaban J connectivity index is 0. The molecule has 0 saturated heterocycles. The summed E-state index contributed by atoms with van der Waals surface area (Å²) in [6, 6.07) is 0. The minimum absolute atomic E-state index is 0.718. The first-order valence-corrected chi connectivity index (χ1v) is 4.42. The second-order valence-corrected chi connectivity index (χ2v) is 2.75. The lowest BCUT2D eigenvalue weighted by atomic mass is 10.2. The van der Waals surface area contributed by atoms with E-state index in [2.05, 4.69) is 45.1 Å². The van der Waals surface area contributed by atoms with Gasteiger partial charge in [0, 0.05) is 0 Å². The molecule has 0 N–H and O–H groups in total. The van der Waals surface area contributed by atoms with Gasteiger partial charge in [0.05, 0.1) is 0 Å². The van der Waals surface area contributed by atoms with Crippen LogP contribution in [-0.2, 0) is 0 Å². The molecule has 0 rings (SSSR count). The molecule has 0 amide bonds. The van der Waals surface area contributed by atoms with Crippen molar-refractivity contribution in [3.05, 3.63) is 24.3 Å². The molecule has 0 bridgehead atoms. The summed E-state index contributed by atoms with van der Waals surface area (Å²) in [4.78, 5) is 0. The molecule has 0 spiro atoms. The van der Waals surface area contributed by atoms with Gasteiger partial charge >= 0.3 is 0 Å². The first-order chi connectivity index (χ1) is 5.18. The van der Waals surface area contributed by atoms with E-state index in [1.54, 1.807) is 0 Å². The Kier molecular flexibility index (Phi) is 14.5. The highest BCUT2D eigenvalue weighted by molar-refractivity contribution is 4.79. The molecular weight excluding hydrogens is 132 g/mol. The smallest absolute Gasteiger partial charge is 0.0291 e. The zero-order valence-corrected chi connectivity index (χ0v) is 8.59. The molecule has 0 heterocycles. The van der Waals surface area contributed by atoms with Crippen molar-refractivity contribution in [3.8, 4) is 0 Å². The molecule has 11 heavy (non-hydrogen) atoms. The molecule has 0 radical (unpaired) electrons. The lowest BCUT2D eigenvalue weighted by Crippen LogP contribution is -1.73. The SMILES string of the molecule is CC=CC(C)C.CC=CCC. The van der Waals surface area contributed by atoms with Crippen LogP contribution in [0.1, 0.15) is 41.0 Å². The fraction of sp³-hybridized carbons (Fsp3) is 0.636. The van der Waals surface area contributed by atoms with Crippen LogP contribution in [-0.4, -0.2) is 0 Å². The van der Waals surface area contributed by atoms with Crippen molar-refractivity contribution in [2.75, 3.05) is 0 Å². The van der Waals surface area contributed by atoms with Crippen LogP contribution in [0.15, 0.2) is 24.3 Å². The monoisotopic (exact) mass is 154 g/mol. The van der Waals surface area contributed by atoms with E-state index in [0.29, 0.717) is 0 Å². The van der Waals surface area contributed by atoms with Gasteiger partial charge in [-0.1, -0.05) is 45.1 Å². The first-order valence-electron chi connectivity index (χ1n) is 4.42. The van der Waals surface area contributed by atoms with Gasteiger partial charge in [-0.2, -0.15) is 0 Å². The fourth-order valence-electron chi connectivity index (χ4n) is 0.621. The Morgan fingerprint density at radius 1 is 1.09 bits per heavy atom. The summed E-state index contributed by atoms with van der Waals surface area (Å²) >= 11 is 0.